The summed E-state index contributed by atoms with van der Waals surface area (Å²) in [4.78, 5) is 29.4. The number of nitro groups is 1. The molecule has 4 rings (SSSR count). The van der Waals surface area contributed by atoms with E-state index in [1.807, 2.05) is 26.0 Å². The molecule has 0 unspecified atom stereocenters. The lowest BCUT2D eigenvalue weighted by molar-refractivity contribution is -0.386. The zero-order valence-electron chi connectivity index (χ0n) is 19.2. The van der Waals surface area contributed by atoms with E-state index in [-0.39, 0.29) is 29.0 Å². The van der Waals surface area contributed by atoms with Crippen molar-refractivity contribution in [2.75, 3.05) is 0 Å². The predicted octanol–water partition coefficient (Wildman–Crippen LogP) is 6.17. The van der Waals surface area contributed by atoms with Crippen LogP contribution in [0.3, 0.4) is 0 Å². The highest BCUT2D eigenvalue weighted by molar-refractivity contribution is 9.10. The smallest absolute Gasteiger partial charge is 0.312 e. The van der Waals surface area contributed by atoms with E-state index >= 15 is 0 Å². The van der Waals surface area contributed by atoms with Crippen LogP contribution in [0, 0.1) is 10.1 Å². The number of nitrogens with zero attached hydrogens (tertiary/aromatic N) is 4. The zero-order chi connectivity index (χ0) is 24.2. The molecule has 0 N–H and O–H groups in total. The first-order valence-electron chi connectivity index (χ1n) is 11.6. The summed E-state index contributed by atoms with van der Waals surface area (Å²) in [7, 11) is 0. The van der Waals surface area contributed by atoms with Crippen LogP contribution in [0.15, 0.2) is 50.8 Å². The molecule has 1 atom stereocenters. The molecule has 178 valence electrons. The summed E-state index contributed by atoms with van der Waals surface area (Å²) in [6.45, 7) is 3.81. The van der Waals surface area contributed by atoms with Crippen molar-refractivity contribution in [1.82, 2.24) is 9.66 Å². The third-order valence-electron chi connectivity index (χ3n) is 6.21. The topological polar surface area (TPSA) is 99.6 Å². The standard InChI is InChI=1S/C25H27BrN4O4/c1-3-16(2)34-23-20(26)13-17(14-22(23)30(32)33)15-27-29-24(18-9-5-4-6-10-18)28-21-12-8-7-11-19(21)25(29)31/h7-8,11-16,18H,3-6,9-10H2,1-2H3/t16-/m1/s1. The van der Waals surface area contributed by atoms with Crippen molar-refractivity contribution in [3.63, 3.8) is 0 Å². The first-order valence-corrected chi connectivity index (χ1v) is 12.4. The van der Waals surface area contributed by atoms with Crippen molar-refractivity contribution >= 4 is 38.7 Å². The van der Waals surface area contributed by atoms with Crippen LogP contribution in [-0.2, 0) is 0 Å². The Morgan fingerprint density at radius 3 is 2.74 bits per heavy atom. The second kappa shape index (κ2) is 10.5. The second-order valence-corrected chi connectivity index (χ2v) is 9.48. The molecule has 0 spiro atoms. The van der Waals surface area contributed by atoms with E-state index in [1.54, 1.807) is 18.2 Å². The summed E-state index contributed by atoms with van der Waals surface area (Å²) >= 11 is 3.40. The third kappa shape index (κ3) is 5.04. The number of benzene rings is 2. The Morgan fingerprint density at radius 1 is 1.29 bits per heavy atom. The Hall–Kier alpha value is -3.07. The maximum atomic E-state index is 13.3. The summed E-state index contributed by atoms with van der Waals surface area (Å²) in [6, 6.07) is 10.4. The van der Waals surface area contributed by atoms with Gasteiger partial charge in [0.15, 0.2) is 0 Å². The zero-order valence-corrected chi connectivity index (χ0v) is 20.8. The van der Waals surface area contributed by atoms with Gasteiger partial charge >= 0.3 is 5.69 Å². The molecule has 0 aliphatic heterocycles. The van der Waals surface area contributed by atoms with Crippen molar-refractivity contribution in [2.24, 2.45) is 5.10 Å². The highest BCUT2D eigenvalue weighted by Gasteiger charge is 2.24. The largest absolute Gasteiger partial charge is 0.483 e. The van der Waals surface area contributed by atoms with Gasteiger partial charge in [0, 0.05) is 17.5 Å². The van der Waals surface area contributed by atoms with Gasteiger partial charge in [0.05, 0.1) is 32.6 Å². The summed E-state index contributed by atoms with van der Waals surface area (Å²) in [5.41, 5.74) is 0.731. The molecule has 0 radical (unpaired) electrons. The van der Waals surface area contributed by atoms with Gasteiger partial charge in [-0.05, 0) is 60.3 Å². The lowest BCUT2D eigenvalue weighted by Gasteiger charge is -2.22. The van der Waals surface area contributed by atoms with Crippen molar-refractivity contribution < 1.29 is 9.66 Å². The molecule has 2 aromatic carbocycles. The average molecular weight is 527 g/mol. The fraction of sp³-hybridized carbons (Fsp3) is 0.400. The number of ether oxygens (including phenoxy) is 1. The monoisotopic (exact) mass is 526 g/mol. The molecule has 1 saturated carbocycles. The predicted molar refractivity (Wildman–Crippen MR) is 136 cm³/mol. The van der Waals surface area contributed by atoms with Gasteiger partial charge in [0.25, 0.3) is 5.56 Å². The molecule has 1 aliphatic carbocycles. The van der Waals surface area contributed by atoms with Crippen molar-refractivity contribution in [2.45, 2.75) is 64.4 Å². The first-order chi connectivity index (χ1) is 16.4. The number of para-hydroxylation sites is 1. The molecule has 3 aromatic rings. The fourth-order valence-corrected chi connectivity index (χ4v) is 4.77. The number of hydrogen-bond acceptors (Lipinski definition) is 6. The van der Waals surface area contributed by atoms with E-state index in [1.165, 1.54) is 23.4 Å². The van der Waals surface area contributed by atoms with Gasteiger partial charge in [-0.1, -0.05) is 38.3 Å². The van der Waals surface area contributed by atoms with Gasteiger partial charge in [-0.2, -0.15) is 9.78 Å². The molecular weight excluding hydrogens is 500 g/mol. The quantitative estimate of drug-likeness (QED) is 0.208. The molecule has 34 heavy (non-hydrogen) atoms. The van der Waals surface area contributed by atoms with E-state index in [4.69, 9.17) is 9.72 Å². The molecule has 1 aromatic heterocycles. The van der Waals surface area contributed by atoms with Gasteiger partial charge in [0.1, 0.15) is 5.82 Å². The third-order valence-corrected chi connectivity index (χ3v) is 6.80. The van der Waals surface area contributed by atoms with Gasteiger partial charge < -0.3 is 4.74 Å². The van der Waals surface area contributed by atoms with Crippen molar-refractivity contribution in [3.05, 3.63) is 72.7 Å². The minimum atomic E-state index is -0.475. The van der Waals surface area contributed by atoms with Crippen LogP contribution in [0.25, 0.3) is 10.9 Å². The SMILES string of the molecule is CC[C@@H](C)Oc1c(Br)cc(C=Nn2c(C3CCCCC3)nc3ccccc3c2=O)cc1[N+](=O)[O-]. The Bertz CT molecular complexity index is 1300. The molecule has 1 aliphatic rings. The highest BCUT2D eigenvalue weighted by atomic mass is 79.9. The molecule has 0 bridgehead atoms. The van der Waals surface area contributed by atoms with Crippen LogP contribution in [0.5, 0.6) is 5.75 Å². The van der Waals surface area contributed by atoms with Gasteiger partial charge in [-0.15, -0.1) is 0 Å². The number of halogens is 1. The van der Waals surface area contributed by atoms with Gasteiger partial charge in [0.2, 0.25) is 5.75 Å². The fourth-order valence-electron chi connectivity index (χ4n) is 4.21. The second-order valence-electron chi connectivity index (χ2n) is 8.63. The minimum absolute atomic E-state index is 0.149. The maximum Gasteiger partial charge on any atom is 0.312 e. The molecule has 8 nitrogen and oxygen atoms in total. The lowest BCUT2D eigenvalue weighted by atomic mass is 9.88. The average Bonchev–Trinajstić information content (AvgIpc) is 2.85. The van der Waals surface area contributed by atoms with Gasteiger partial charge in [-0.3, -0.25) is 14.9 Å². The van der Waals surface area contributed by atoms with E-state index < -0.39 is 4.92 Å². The van der Waals surface area contributed by atoms with Crippen LogP contribution in [0.2, 0.25) is 0 Å². The number of fused-ring (bicyclic) bond motifs is 1. The molecule has 0 amide bonds. The van der Waals surface area contributed by atoms with Crippen LogP contribution < -0.4 is 10.3 Å². The van der Waals surface area contributed by atoms with Crippen LogP contribution in [0.4, 0.5) is 5.69 Å². The Kier molecular flexibility index (Phi) is 7.41. The number of hydrogen-bond donors (Lipinski definition) is 0. The Balaban J connectivity index is 1.79. The van der Waals surface area contributed by atoms with E-state index in [0.29, 0.717) is 33.2 Å². The summed E-state index contributed by atoms with van der Waals surface area (Å²) in [6.07, 6.45) is 7.29. The summed E-state index contributed by atoms with van der Waals surface area (Å²) in [5.74, 6) is 0.976. The number of aromatic nitrogens is 2. The van der Waals surface area contributed by atoms with E-state index in [9.17, 15) is 14.9 Å². The number of nitro benzene ring substituents is 1. The van der Waals surface area contributed by atoms with E-state index in [0.717, 1.165) is 25.7 Å². The Morgan fingerprint density at radius 2 is 2.03 bits per heavy atom. The normalized spacial score (nSPS) is 15.6. The molecule has 9 heteroatoms. The first kappa shape index (κ1) is 24.1. The highest BCUT2D eigenvalue weighted by Crippen LogP contribution is 2.37. The molecule has 0 saturated heterocycles. The van der Waals surface area contributed by atoms with Crippen LogP contribution >= 0.6 is 15.9 Å². The van der Waals surface area contributed by atoms with Crippen LogP contribution in [-0.4, -0.2) is 26.9 Å². The Labute approximate surface area is 205 Å². The van der Waals surface area contributed by atoms with E-state index in [2.05, 4.69) is 21.0 Å². The molecule has 1 heterocycles. The minimum Gasteiger partial charge on any atom is -0.483 e. The number of rotatable bonds is 7. The maximum absolute atomic E-state index is 13.3. The van der Waals surface area contributed by atoms with Crippen molar-refractivity contribution in [3.8, 4) is 5.75 Å². The summed E-state index contributed by atoms with van der Waals surface area (Å²) < 4.78 is 7.59. The van der Waals surface area contributed by atoms with Crippen LogP contribution in [0.1, 0.15) is 69.7 Å². The molecular formula is C25H27BrN4O4. The lowest BCUT2D eigenvalue weighted by Crippen LogP contribution is -2.25. The van der Waals surface area contributed by atoms with Gasteiger partial charge in [-0.25, -0.2) is 4.98 Å². The summed E-state index contributed by atoms with van der Waals surface area (Å²) in [5, 5.41) is 16.7. The van der Waals surface area contributed by atoms with Crippen molar-refractivity contribution in [1.29, 1.82) is 0 Å². The molecule has 1 fully saturated rings.